The number of nitrogens with one attached hydrogen (secondary N) is 1. The van der Waals surface area contributed by atoms with Crippen LogP contribution in [-0.4, -0.2) is 9.97 Å². The number of thiophene rings is 1. The monoisotopic (exact) mass is 264 g/mol. The van der Waals surface area contributed by atoms with Gasteiger partial charge in [-0.2, -0.15) is 0 Å². The van der Waals surface area contributed by atoms with Gasteiger partial charge in [0.05, 0.1) is 10.6 Å². The van der Waals surface area contributed by atoms with E-state index in [-0.39, 0.29) is 0 Å². The molecule has 2 heterocycles. The minimum Gasteiger partial charge on any atom is -0.342 e. The van der Waals surface area contributed by atoms with E-state index in [1.165, 1.54) is 10.4 Å². The summed E-state index contributed by atoms with van der Waals surface area (Å²) in [4.78, 5) is 9.13. The second-order valence-electron chi connectivity index (χ2n) is 4.51. The van der Waals surface area contributed by atoms with E-state index in [0.717, 1.165) is 17.1 Å². The predicted molar refractivity (Wildman–Crippen MR) is 76.3 cm³/mol. The van der Waals surface area contributed by atoms with Crippen LogP contribution < -0.4 is 0 Å². The molecule has 4 heteroatoms. The standard InChI is InChI=1S/C13H16N2S2/c1-7(2)12-14-10(9(4)13(16)15-12)11-8(3)5-6-17-11/h5-7H,1-4H3,(H,14,15,16). The maximum atomic E-state index is 5.34. The Hall–Kier alpha value is -1.00. The summed E-state index contributed by atoms with van der Waals surface area (Å²) in [6.07, 6.45) is 0. The van der Waals surface area contributed by atoms with E-state index in [4.69, 9.17) is 12.2 Å². The van der Waals surface area contributed by atoms with E-state index in [1.807, 2.05) is 6.92 Å². The zero-order valence-corrected chi connectivity index (χ0v) is 12.1. The van der Waals surface area contributed by atoms with E-state index < -0.39 is 0 Å². The van der Waals surface area contributed by atoms with Crippen molar-refractivity contribution in [1.29, 1.82) is 0 Å². The SMILES string of the molecule is Cc1ccsc1-c1[nH]c(C(C)C)nc(=S)c1C. The Morgan fingerprint density at radius 1 is 1.35 bits per heavy atom. The van der Waals surface area contributed by atoms with E-state index in [1.54, 1.807) is 11.3 Å². The van der Waals surface area contributed by atoms with Gasteiger partial charge in [0.1, 0.15) is 10.5 Å². The molecule has 2 aromatic rings. The first-order chi connectivity index (χ1) is 8.00. The normalized spacial score (nSPS) is 11.1. The van der Waals surface area contributed by atoms with Gasteiger partial charge in [0.25, 0.3) is 0 Å². The molecule has 0 aliphatic heterocycles. The molecule has 2 aromatic heterocycles. The van der Waals surface area contributed by atoms with Crippen LogP contribution in [-0.2, 0) is 0 Å². The summed E-state index contributed by atoms with van der Waals surface area (Å²) >= 11 is 7.08. The third kappa shape index (κ3) is 2.33. The fraction of sp³-hybridized carbons (Fsp3) is 0.385. The minimum atomic E-state index is 0.358. The van der Waals surface area contributed by atoms with Gasteiger partial charge in [0, 0.05) is 11.5 Å². The van der Waals surface area contributed by atoms with Crippen molar-refractivity contribution in [3.05, 3.63) is 33.0 Å². The smallest absolute Gasteiger partial charge is 0.133 e. The fourth-order valence-electron chi connectivity index (χ4n) is 1.68. The Bertz CT molecular complexity index is 594. The van der Waals surface area contributed by atoms with Crippen molar-refractivity contribution >= 4 is 23.6 Å². The molecule has 17 heavy (non-hydrogen) atoms. The minimum absolute atomic E-state index is 0.358. The highest BCUT2D eigenvalue weighted by Crippen LogP contribution is 2.30. The van der Waals surface area contributed by atoms with Crippen LogP contribution in [0.25, 0.3) is 10.6 Å². The first-order valence-electron chi connectivity index (χ1n) is 5.66. The fourth-order valence-corrected chi connectivity index (χ4v) is 2.86. The molecular formula is C13H16N2S2. The van der Waals surface area contributed by atoms with Gasteiger partial charge in [-0.15, -0.1) is 11.3 Å². The lowest BCUT2D eigenvalue weighted by molar-refractivity contribution is 0.770. The zero-order chi connectivity index (χ0) is 12.6. The van der Waals surface area contributed by atoms with Gasteiger partial charge in [-0.25, -0.2) is 4.98 Å². The van der Waals surface area contributed by atoms with Gasteiger partial charge in [0.15, 0.2) is 0 Å². The van der Waals surface area contributed by atoms with Crippen LogP contribution in [0.15, 0.2) is 11.4 Å². The number of aryl methyl sites for hydroxylation is 1. The molecule has 0 aromatic carbocycles. The summed E-state index contributed by atoms with van der Waals surface area (Å²) in [7, 11) is 0. The molecule has 0 aliphatic carbocycles. The van der Waals surface area contributed by atoms with Gasteiger partial charge in [-0.3, -0.25) is 0 Å². The third-order valence-corrected chi connectivity index (χ3v) is 4.24. The lowest BCUT2D eigenvalue weighted by atomic mass is 10.1. The van der Waals surface area contributed by atoms with Crippen LogP contribution in [0, 0.1) is 18.5 Å². The lowest BCUT2D eigenvalue weighted by Crippen LogP contribution is -2.02. The molecule has 0 amide bonds. The highest BCUT2D eigenvalue weighted by atomic mass is 32.1. The van der Waals surface area contributed by atoms with Crippen molar-refractivity contribution in [2.24, 2.45) is 0 Å². The molecule has 1 N–H and O–H groups in total. The Morgan fingerprint density at radius 2 is 2.06 bits per heavy atom. The van der Waals surface area contributed by atoms with Gasteiger partial charge in [-0.1, -0.05) is 26.1 Å². The van der Waals surface area contributed by atoms with Crippen LogP contribution in [0.3, 0.4) is 0 Å². The van der Waals surface area contributed by atoms with Crippen molar-refractivity contribution in [2.75, 3.05) is 0 Å². The van der Waals surface area contributed by atoms with E-state index in [9.17, 15) is 0 Å². The predicted octanol–water partition coefficient (Wildman–Crippen LogP) is 4.61. The second kappa shape index (κ2) is 4.70. The number of nitrogens with zero attached hydrogens (tertiary/aromatic N) is 1. The van der Waals surface area contributed by atoms with E-state index in [2.05, 4.69) is 42.2 Å². The molecule has 2 rings (SSSR count). The van der Waals surface area contributed by atoms with Crippen molar-refractivity contribution < 1.29 is 0 Å². The molecular weight excluding hydrogens is 248 g/mol. The zero-order valence-electron chi connectivity index (χ0n) is 10.5. The highest BCUT2D eigenvalue weighted by Gasteiger charge is 2.12. The number of hydrogen-bond donors (Lipinski definition) is 1. The molecule has 0 unspecified atom stereocenters. The van der Waals surface area contributed by atoms with Crippen molar-refractivity contribution in [3.63, 3.8) is 0 Å². The Labute approximate surface area is 111 Å². The molecule has 0 atom stereocenters. The van der Waals surface area contributed by atoms with E-state index in [0.29, 0.717) is 10.6 Å². The van der Waals surface area contributed by atoms with Crippen LogP contribution in [0.2, 0.25) is 0 Å². The van der Waals surface area contributed by atoms with Crippen molar-refractivity contribution in [2.45, 2.75) is 33.6 Å². The summed E-state index contributed by atoms with van der Waals surface area (Å²) in [5.74, 6) is 1.32. The van der Waals surface area contributed by atoms with Gasteiger partial charge in [-0.05, 0) is 30.9 Å². The number of hydrogen-bond acceptors (Lipinski definition) is 3. The van der Waals surface area contributed by atoms with Crippen LogP contribution in [0.5, 0.6) is 0 Å². The molecule has 2 nitrogen and oxygen atoms in total. The molecule has 0 radical (unpaired) electrons. The third-order valence-electron chi connectivity index (χ3n) is 2.81. The maximum Gasteiger partial charge on any atom is 0.133 e. The van der Waals surface area contributed by atoms with Gasteiger partial charge < -0.3 is 4.98 Å². The van der Waals surface area contributed by atoms with Gasteiger partial charge >= 0.3 is 0 Å². The average molecular weight is 264 g/mol. The number of aromatic amines is 1. The van der Waals surface area contributed by atoms with Gasteiger partial charge in [0.2, 0.25) is 0 Å². The van der Waals surface area contributed by atoms with Crippen molar-refractivity contribution in [1.82, 2.24) is 9.97 Å². The molecule has 0 fully saturated rings. The highest BCUT2D eigenvalue weighted by molar-refractivity contribution is 7.71. The summed E-state index contributed by atoms with van der Waals surface area (Å²) in [5, 5.41) is 2.11. The average Bonchev–Trinajstić information content (AvgIpc) is 2.68. The Balaban J connectivity index is 2.69. The summed E-state index contributed by atoms with van der Waals surface area (Å²) < 4.78 is 0.704. The Kier molecular flexibility index (Phi) is 3.45. The van der Waals surface area contributed by atoms with Crippen molar-refractivity contribution in [3.8, 4) is 10.6 Å². The van der Waals surface area contributed by atoms with Crippen LogP contribution in [0.1, 0.15) is 36.7 Å². The molecule has 0 saturated heterocycles. The van der Waals surface area contributed by atoms with Crippen LogP contribution in [0.4, 0.5) is 0 Å². The number of aromatic nitrogens is 2. The molecule has 90 valence electrons. The summed E-state index contributed by atoms with van der Waals surface area (Å²) in [5.41, 5.74) is 3.47. The number of rotatable bonds is 2. The molecule has 0 spiro atoms. The van der Waals surface area contributed by atoms with E-state index >= 15 is 0 Å². The number of H-pyrrole nitrogens is 1. The quantitative estimate of drug-likeness (QED) is 0.803. The van der Waals surface area contributed by atoms with Crippen LogP contribution >= 0.6 is 23.6 Å². The maximum absolute atomic E-state index is 5.34. The first kappa shape index (κ1) is 12.5. The second-order valence-corrected chi connectivity index (χ2v) is 5.82. The molecule has 0 saturated carbocycles. The summed E-state index contributed by atoms with van der Waals surface area (Å²) in [6.45, 7) is 8.39. The summed E-state index contributed by atoms with van der Waals surface area (Å²) in [6, 6.07) is 2.13. The molecule has 0 aliphatic rings. The largest absolute Gasteiger partial charge is 0.342 e. The first-order valence-corrected chi connectivity index (χ1v) is 6.94. The Morgan fingerprint density at radius 3 is 2.59 bits per heavy atom. The molecule has 0 bridgehead atoms. The lowest BCUT2D eigenvalue weighted by Gasteiger charge is -2.11. The topological polar surface area (TPSA) is 28.7 Å².